The normalized spacial score (nSPS) is 16.7. The summed E-state index contributed by atoms with van der Waals surface area (Å²) in [5.41, 5.74) is 2.04. The number of nitrogens with zero attached hydrogens (tertiary/aromatic N) is 2. The van der Waals surface area contributed by atoms with Crippen molar-refractivity contribution >= 4 is 29.3 Å². The van der Waals surface area contributed by atoms with E-state index in [0.717, 1.165) is 34.3 Å². The zero-order valence-electron chi connectivity index (χ0n) is 12.9. The van der Waals surface area contributed by atoms with E-state index in [1.165, 1.54) is 0 Å². The van der Waals surface area contributed by atoms with Crippen molar-refractivity contribution < 1.29 is 14.6 Å². The third-order valence-electron chi connectivity index (χ3n) is 4.09. The first kappa shape index (κ1) is 15.2. The van der Waals surface area contributed by atoms with Gasteiger partial charge in [0.05, 0.1) is 24.5 Å². The van der Waals surface area contributed by atoms with E-state index < -0.39 is 5.97 Å². The van der Waals surface area contributed by atoms with Crippen molar-refractivity contribution in [3.05, 3.63) is 53.6 Å². The van der Waals surface area contributed by atoms with Gasteiger partial charge in [-0.2, -0.15) is 0 Å². The first-order valence-electron chi connectivity index (χ1n) is 7.78. The minimum Gasteiger partial charge on any atom is -0.478 e. The lowest BCUT2D eigenvalue weighted by Gasteiger charge is -2.30. The molecule has 5 nitrogen and oxygen atoms in total. The molecular formula is C18H16N2O3S. The number of morpholine rings is 1. The molecule has 24 heavy (non-hydrogen) atoms. The minimum absolute atomic E-state index is 0.255. The third kappa shape index (κ3) is 2.79. The summed E-state index contributed by atoms with van der Waals surface area (Å²) in [7, 11) is 0. The maximum absolute atomic E-state index is 11.3. The molecule has 4 rings (SSSR count). The van der Waals surface area contributed by atoms with Crippen LogP contribution in [0.3, 0.4) is 0 Å². The number of hydrogen-bond donors (Lipinski definition) is 1. The molecule has 0 saturated carbocycles. The molecule has 1 fully saturated rings. The second-order valence-corrected chi connectivity index (χ2v) is 6.70. The van der Waals surface area contributed by atoms with Gasteiger partial charge < -0.3 is 14.7 Å². The summed E-state index contributed by atoms with van der Waals surface area (Å²) >= 11 is 1.63. The number of fused-ring (bicyclic) bond motifs is 2. The lowest BCUT2D eigenvalue weighted by Crippen LogP contribution is -2.41. The largest absolute Gasteiger partial charge is 0.478 e. The van der Waals surface area contributed by atoms with Crippen LogP contribution in [0.25, 0.3) is 0 Å². The third-order valence-corrected chi connectivity index (χ3v) is 5.23. The SMILES string of the molecule is O=C(O)c1ccc2c(c1)N=C(N1CCOCC1)c1ccccc1S2. The molecule has 2 aliphatic rings. The van der Waals surface area contributed by atoms with Gasteiger partial charge in [0.25, 0.3) is 0 Å². The average molecular weight is 340 g/mol. The Morgan fingerprint density at radius 2 is 1.92 bits per heavy atom. The molecule has 0 spiro atoms. The predicted octanol–water partition coefficient (Wildman–Crippen LogP) is 3.26. The van der Waals surface area contributed by atoms with Crippen LogP contribution in [0.2, 0.25) is 0 Å². The van der Waals surface area contributed by atoms with Crippen molar-refractivity contribution in [1.29, 1.82) is 0 Å². The Bertz CT molecular complexity index is 829. The Balaban J connectivity index is 1.87. The van der Waals surface area contributed by atoms with Gasteiger partial charge in [-0.3, -0.25) is 0 Å². The molecule has 0 radical (unpaired) electrons. The van der Waals surface area contributed by atoms with Crippen LogP contribution in [0.4, 0.5) is 5.69 Å². The number of ether oxygens (including phenoxy) is 1. The van der Waals surface area contributed by atoms with Gasteiger partial charge >= 0.3 is 5.97 Å². The summed E-state index contributed by atoms with van der Waals surface area (Å²) < 4.78 is 5.45. The molecule has 0 atom stereocenters. The number of aromatic carboxylic acids is 1. The molecule has 122 valence electrons. The number of amidine groups is 1. The highest BCUT2D eigenvalue weighted by atomic mass is 32.2. The van der Waals surface area contributed by atoms with E-state index in [4.69, 9.17) is 9.73 Å². The van der Waals surface area contributed by atoms with Crippen molar-refractivity contribution in [3.8, 4) is 0 Å². The molecule has 0 amide bonds. The summed E-state index contributed by atoms with van der Waals surface area (Å²) in [6.45, 7) is 2.92. The van der Waals surface area contributed by atoms with Crippen molar-refractivity contribution in [2.24, 2.45) is 4.99 Å². The van der Waals surface area contributed by atoms with E-state index in [1.807, 2.05) is 18.2 Å². The number of benzene rings is 2. The average Bonchev–Trinajstić information content (AvgIpc) is 2.78. The molecule has 6 heteroatoms. The summed E-state index contributed by atoms with van der Waals surface area (Å²) in [5, 5.41) is 9.26. The van der Waals surface area contributed by atoms with Crippen molar-refractivity contribution in [1.82, 2.24) is 4.90 Å². The number of aliphatic imine (C=N–C) groups is 1. The Hall–Kier alpha value is -2.31. The molecule has 1 saturated heterocycles. The van der Waals surface area contributed by atoms with Crippen LogP contribution in [0, 0.1) is 0 Å². The Labute approximate surface area is 144 Å². The molecule has 0 bridgehead atoms. The first-order chi connectivity index (χ1) is 11.7. The minimum atomic E-state index is -0.937. The molecule has 2 aromatic carbocycles. The summed E-state index contributed by atoms with van der Waals surface area (Å²) in [6.07, 6.45) is 0. The summed E-state index contributed by atoms with van der Waals surface area (Å²) in [6, 6.07) is 13.3. The maximum atomic E-state index is 11.3. The van der Waals surface area contributed by atoms with Crippen LogP contribution in [0.5, 0.6) is 0 Å². The number of hydrogen-bond acceptors (Lipinski definition) is 5. The van der Waals surface area contributed by atoms with Gasteiger partial charge in [0.2, 0.25) is 0 Å². The predicted molar refractivity (Wildman–Crippen MR) is 92.6 cm³/mol. The van der Waals surface area contributed by atoms with Gasteiger partial charge in [0, 0.05) is 28.4 Å². The fraction of sp³-hybridized carbons (Fsp3) is 0.222. The van der Waals surface area contributed by atoms with Gasteiger partial charge in [-0.05, 0) is 24.3 Å². The topological polar surface area (TPSA) is 62.1 Å². The van der Waals surface area contributed by atoms with Gasteiger partial charge in [-0.25, -0.2) is 9.79 Å². The van der Waals surface area contributed by atoms with E-state index >= 15 is 0 Å². The molecule has 0 aliphatic carbocycles. The van der Waals surface area contributed by atoms with E-state index in [-0.39, 0.29) is 5.56 Å². The number of carboxylic acid groups (broad SMARTS) is 1. The first-order valence-corrected chi connectivity index (χ1v) is 8.60. The van der Waals surface area contributed by atoms with Crippen molar-refractivity contribution in [3.63, 3.8) is 0 Å². The standard InChI is InChI=1S/C18H16N2O3S/c21-18(22)12-5-6-16-14(11-12)19-17(20-7-9-23-10-8-20)13-3-1-2-4-15(13)24-16/h1-6,11H,7-10H2,(H,21,22). The molecule has 2 heterocycles. The van der Waals surface area contributed by atoms with Crippen LogP contribution in [0.1, 0.15) is 15.9 Å². The van der Waals surface area contributed by atoms with E-state index in [9.17, 15) is 9.90 Å². The Kier molecular flexibility index (Phi) is 4.00. The molecule has 2 aromatic rings. The highest BCUT2D eigenvalue weighted by molar-refractivity contribution is 7.99. The van der Waals surface area contributed by atoms with Gasteiger partial charge in [0.15, 0.2) is 0 Å². The van der Waals surface area contributed by atoms with Crippen LogP contribution in [-0.4, -0.2) is 48.1 Å². The van der Waals surface area contributed by atoms with Crippen LogP contribution < -0.4 is 0 Å². The molecular weight excluding hydrogens is 324 g/mol. The zero-order valence-corrected chi connectivity index (χ0v) is 13.8. The maximum Gasteiger partial charge on any atom is 0.335 e. The lowest BCUT2D eigenvalue weighted by molar-refractivity contribution is 0.0682. The van der Waals surface area contributed by atoms with E-state index in [0.29, 0.717) is 18.9 Å². The Morgan fingerprint density at radius 1 is 1.12 bits per heavy atom. The van der Waals surface area contributed by atoms with Gasteiger partial charge in [0.1, 0.15) is 5.84 Å². The molecule has 2 aliphatic heterocycles. The fourth-order valence-electron chi connectivity index (χ4n) is 2.87. The summed E-state index contributed by atoms with van der Waals surface area (Å²) in [4.78, 5) is 20.5. The lowest BCUT2D eigenvalue weighted by atomic mass is 10.1. The molecule has 0 unspecified atom stereocenters. The number of carboxylic acids is 1. The molecule has 1 N–H and O–H groups in total. The highest BCUT2D eigenvalue weighted by Crippen LogP contribution is 2.41. The van der Waals surface area contributed by atoms with Crippen LogP contribution in [-0.2, 0) is 4.74 Å². The second-order valence-electron chi connectivity index (χ2n) is 5.62. The van der Waals surface area contributed by atoms with Gasteiger partial charge in [-0.15, -0.1) is 0 Å². The van der Waals surface area contributed by atoms with Crippen LogP contribution >= 0.6 is 11.8 Å². The molecule has 0 aromatic heterocycles. The van der Waals surface area contributed by atoms with E-state index in [1.54, 1.807) is 23.9 Å². The van der Waals surface area contributed by atoms with Crippen molar-refractivity contribution in [2.45, 2.75) is 9.79 Å². The summed E-state index contributed by atoms with van der Waals surface area (Å²) in [5.74, 6) is -0.0460. The van der Waals surface area contributed by atoms with Crippen molar-refractivity contribution in [2.75, 3.05) is 26.3 Å². The zero-order chi connectivity index (χ0) is 16.5. The number of rotatable bonds is 1. The monoisotopic (exact) mass is 340 g/mol. The quantitative estimate of drug-likeness (QED) is 0.863. The van der Waals surface area contributed by atoms with Crippen LogP contribution in [0.15, 0.2) is 57.2 Å². The van der Waals surface area contributed by atoms with E-state index in [2.05, 4.69) is 17.0 Å². The second kappa shape index (κ2) is 6.30. The fourth-order valence-corrected chi connectivity index (χ4v) is 3.87. The highest BCUT2D eigenvalue weighted by Gasteiger charge is 2.23. The smallest absolute Gasteiger partial charge is 0.335 e. The van der Waals surface area contributed by atoms with Gasteiger partial charge in [-0.1, -0.05) is 30.0 Å². The number of carbonyl (C=O) groups is 1. The Morgan fingerprint density at radius 3 is 2.71 bits per heavy atom.